The lowest BCUT2D eigenvalue weighted by Gasteiger charge is -2.17. The van der Waals surface area contributed by atoms with Gasteiger partial charge in [-0.1, -0.05) is 23.2 Å². The summed E-state index contributed by atoms with van der Waals surface area (Å²) in [5.74, 6) is 0. The Morgan fingerprint density at radius 2 is 1.90 bits per heavy atom. The lowest BCUT2D eigenvalue weighted by Crippen LogP contribution is -2.33. The monoisotopic (exact) mass is 318 g/mol. The summed E-state index contributed by atoms with van der Waals surface area (Å²) in [4.78, 5) is 4.16. The Morgan fingerprint density at radius 3 is 2.55 bits per heavy atom. The zero-order chi connectivity index (χ0) is 14.4. The van der Waals surface area contributed by atoms with E-state index in [4.69, 9.17) is 33.0 Å². The lowest BCUT2D eigenvalue weighted by atomic mass is 10.1. The highest BCUT2D eigenvalue weighted by Crippen LogP contribution is 2.34. The molecule has 1 aromatic carbocycles. The predicted octanol–water partition coefficient (Wildman–Crippen LogP) is 0.955. The number of hydrogen-bond donors (Lipinski definition) is 3. The van der Waals surface area contributed by atoms with Crippen LogP contribution in [0.4, 0.5) is 0 Å². The molecule has 4 atom stereocenters. The van der Waals surface area contributed by atoms with Crippen molar-refractivity contribution >= 4 is 34.2 Å². The number of ether oxygens (including phenoxy) is 1. The van der Waals surface area contributed by atoms with Crippen molar-refractivity contribution < 1.29 is 20.1 Å². The molecule has 108 valence electrons. The molecule has 0 saturated carbocycles. The molecule has 1 aliphatic heterocycles. The smallest absolute Gasteiger partial charge is 0.164 e. The van der Waals surface area contributed by atoms with Crippen LogP contribution in [0.5, 0.6) is 0 Å². The molecule has 0 unspecified atom stereocenters. The third kappa shape index (κ3) is 2.09. The summed E-state index contributed by atoms with van der Waals surface area (Å²) in [5.41, 5.74) is 1.21. The number of halogens is 2. The molecule has 2 heterocycles. The molecule has 0 radical (unpaired) electrons. The number of benzene rings is 1. The minimum absolute atomic E-state index is 0.354. The van der Waals surface area contributed by atoms with Gasteiger partial charge in [0.25, 0.3) is 0 Å². The van der Waals surface area contributed by atoms with Gasteiger partial charge in [0.05, 0.1) is 34.0 Å². The largest absolute Gasteiger partial charge is 0.394 e. The topological polar surface area (TPSA) is 87.7 Å². The maximum Gasteiger partial charge on any atom is 0.164 e. The highest BCUT2D eigenvalue weighted by atomic mass is 35.5. The Bertz CT molecular complexity index is 648. The first-order valence-electron chi connectivity index (χ1n) is 5.97. The van der Waals surface area contributed by atoms with Crippen LogP contribution >= 0.6 is 23.2 Å². The van der Waals surface area contributed by atoms with Crippen molar-refractivity contribution in [3.63, 3.8) is 0 Å². The van der Waals surface area contributed by atoms with Crippen molar-refractivity contribution in [2.45, 2.75) is 24.5 Å². The normalized spacial score (nSPS) is 30.2. The minimum Gasteiger partial charge on any atom is -0.394 e. The molecule has 1 aliphatic rings. The van der Waals surface area contributed by atoms with Gasteiger partial charge in [0.2, 0.25) is 0 Å². The average molecular weight is 319 g/mol. The van der Waals surface area contributed by atoms with Crippen LogP contribution < -0.4 is 0 Å². The van der Waals surface area contributed by atoms with E-state index in [1.165, 1.54) is 6.33 Å². The summed E-state index contributed by atoms with van der Waals surface area (Å²) in [6, 6.07) is 3.22. The third-order valence-corrected chi connectivity index (χ3v) is 4.13. The van der Waals surface area contributed by atoms with Gasteiger partial charge in [-0.15, -0.1) is 0 Å². The van der Waals surface area contributed by atoms with E-state index in [0.717, 1.165) is 0 Å². The number of aromatic nitrogens is 2. The summed E-state index contributed by atoms with van der Waals surface area (Å²) in [5, 5.41) is 29.6. The van der Waals surface area contributed by atoms with E-state index in [2.05, 4.69) is 4.98 Å². The van der Waals surface area contributed by atoms with Crippen LogP contribution in [0.2, 0.25) is 10.0 Å². The summed E-state index contributed by atoms with van der Waals surface area (Å²) in [7, 11) is 0. The number of aliphatic hydroxyl groups excluding tert-OH is 3. The summed E-state index contributed by atoms with van der Waals surface area (Å²) in [6.07, 6.45) is -2.54. The van der Waals surface area contributed by atoms with Crippen LogP contribution in [-0.4, -0.2) is 49.8 Å². The fourth-order valence-corrected chi connectivity index (χ4v) is 2.65. The van der Waals surface area contributed by atoms with Crippen molar-refractivity contribution in [1.82, 2.24) is 9.55 Å². The maximum absolute atomic E-state index is 10.0. The molecule has 1 aromatic heterocycles. The maximum atomic E-state index is 10.0. The summed E-state index contributed by atoms with van der Waals surface area (Å²) in [6.45, 7) is -0.381. The Labute approximate surface area is 124 Å². The minimum atomic E-state index is -1.17. The molecular weight excluding hydrogens is 307 g/mol. The van der Waals surface area contributed by atoms with Gasteiger partial charge in [-0.25, -0.2) is 4.98 Å². The molecule has 0 aliphatic carbocycles. The number of rotatable bonds is 2. The first-order valence-corrected chi connectivity index (χ1v) is 6.72. The molecule has 6 nitrogen and oxygen atoms in total. The Morgan fingerprint density at radius 1 is 1.20 bits per heavy atom. The highest BCUT2D eigenvalue weighted by molar-refractivity contribution is 6.42. The van der Waals surface area contributed by atoms with Crippen LogP contribution in [0.25, 0.3) is 11.0 Å². The fourth-order valence-electron chi connectivity index (χ4n) is 2.34. The average Bonchev–Trinajstić information content (AvgIpc) is 2.94. The van der Waals surface area contributed by atoms with Crippen molar-refractivity contribution in [1.29, 1.82) is 0 Å². The molecule has 8 heteroatoms. The number of fused-ring (bicyclic) bond motifs is 1. The molecule has 0 spiro atoms. The molecule has 20 heavy (non-hydrogen) atoms. The van der Waals surface area contributed by atoms with E-state index in [0.29, 0.717) is 21.1 Å². The van der Waals surface area contributed by atoms with E-state index >= 15 is 0 Å². The van der Waals surface area contributed by atoms with Gasteiger partial charge >= 0.3 is 0 Å². The molecule has 0 bridgehead atoms. The fraction of sp³-hybridized carbons (Fsp3) is 0.417. The van der Waals surface area contributed by atoms with Crippen LogP contribution in [-0.2, 0) is 4.74 Å². The summed E-state index contributed by atoms with van der Waals surface area (Å²) < 4.78 is 7.01. The van der Waals surface area contributed by atoms with Crippen LogP contribution in [0.1, 0.15) is 6.23 Å². The molecule has 2 aromatic rings. The van der Waals surface area contributed by atoms with E-state index in [1.54, 1.807) is 16.7 Å². The van der Waals surface area contributed by atoms with Gasteiger partial charge in [-0.3, -0.25) is 0 Å². The SMILES string of the molecule is OC[C@@H]1O[C@H](n2cnc3cc(Cl)c(Cl)cc32)[C@@H](O)[C@H]1O. The second-order valence-electron chi connectivity index (χ2n) is 4.64. The standard InChI is InChI=1S/C12H12Cl2N2O4/c13-5-1-7-8(2-6(5)14)16(4-15-7)12-11(19)10(18)9(3-17)20-12/h1-2,4,9-12,17-19H,3H2/t9-,10-,11-,12-/m0/s1. The molecular formula is C12H12Cl2N2O4. The summed E-state index contributed by atoms with van der Waals surface area (Å²) >= 11 is 11.9. The second kappa shape index (κ2) is 5.14. The lowest BCUT2D eigenvalue weighted by molar-refractivity contribution is -0.0508. The Kier molecular flexibility index (Phi) is 3.62. The predicted molar refractivity (Wildman–Crippen MR) is 72.8 cm³/mol. The van der Waals surface area contributed by atoms with Gasteiger partial charge in [0.15, 0.2) is 6.23 Å². The Hall–Kier alpha value is -0.890. The van der Waals surface area contributed by atoms with E-state index in [9.17, 15) is 10.2 Å². The molecule has 3 rings (SSSR count). The zero-order valence-electron chi connectivity index (χ0n) is 10.1. The highest BCUT2D eigenvalue weighted by Gasteiger charge is 2.43. The Balaban J connectivity index is 2.05. The molecule has 0 amide bonds. The van der Waals surface area contributed by atoms with Gasteiger partial charge < -0.3 is 24.6 Å². The van der Waals surface area contributed by atoms with Crippen molar-refractivity contribution in [3.8, 4) is 0 Å². The molecule has 1 saturated heterocycles. The van der Waals surface area contributed by atoms with Crippen molar-refractivity contribution in [2.24, 2.45) is 0 Å². The molecule has 3 N–H and O–H groups in total. The first-order chi connectivity index (χ1) is 9.52. The van der Waals surface area contributed by atoms with E-state index in [-0.39, 0.29) is 6.61 Å². The van der Waals surface area contributed by atoms with E-state index in [1.807, 2.05) is 0 Å². The third-order valence-electron chi connectivity index (χ3n) is 3.41. The van der Waals surface area contributed by atoms with Gasteiger partial charge in [-0.2, -0.15) is 0 Å². The zero-order valence-corrected chi connectivity index (χ0v) is 11.7. The van der Waals surface area contributed by atoms with Crippen molar-refractivity contribution in [2.75, 3.05) is 6.61 Å². The van der Waals surface area contributed by atoms with Gasteiger partial charge in [-0.05, 0) is 12.1 Å². The van der Waals surface area contributed by atoms with E-state index < -0.39 is 24.5 Å². The second-order valence-corrected chi connectivity index (χ2v) is 5.45. The van der Waals surface area contributed by atoms with Crippen molar-refractivity contribution in [3.05, 3.63) is 28.5 Å². The molecule has 1 fully saturated rings. The number of aliphatic hydroxyl groups is 3. The number of imidazole rings is 1. The van der Waals surface area contributed by atoms with Gasteiger partial charge in [0, 0.05) is 0 Å². The van der Waals surface area contributed by atoms with Crippen LogP contribution in [0.3, 0.4) is 0 Å². The van der Waals surface area contributed by atoms with Crippen LogP contribution in [0, 0.1) is 0 Å². The van der Waals surface area contributed by atoms with Gasteiger partial charge in [0.1, 0.15) is 18.3 Å². The number of hydrogen-bond acceptors (Lipinski definition) is 5. The number of nitrogens with zero attached hydrogens (tertiary/aromatic N) is 2. The quantitative estimate of drug-likeness (QED) is 0.767. The first kappa shape index (κ1) is 14.1. The van der Waals surface area contributed by atoms with Crippen LogP contribution in [0.15, 0.2) is 18.5 Å².